The minimum Gasteiger partial charge on any atom is -0.497 e. The molecule has 258 valence electrons. The minimum atomic E-state index is -4.05. The summed E-state index contributed by atoms with van der Waals surface area (Å²) in [5.74, 6) is -1.14. The van der Waals surface area contributed by atoms with Crippen LogP contribution in [0.4, 0.5) is 26.0 Å². The molecule has 0 atom stereocenters. The van der Waals surface area contributed by atoms with Crippen molar-refractivity contribution in [3.63, 3.8) is 0 Å². The van der Waals surface area contributed by atoms with Crippen LogP contribution in [-0.2, 0) is 23.1 Å². The summed E-state index contributed by atoms with van der Waals surface area (Å²) >= 11 is 1.08. The third-order valence-corrected chi connectivity index (χ3v) is 10.7. The van der Waals surface area contributed by atoms with Crippen molar-refractivity contribution >= 4 is 55.4 Å². The molecule has 11 nitrogen and oxygen atoms in total. The van der Waals surface area contributed by atoms with E-state index in [4.69, 9.17) is 14.2 Å². The van der Waals surface area contributed by atoms with Crippen molar-refractivity contribution in [1.29, 1.82) is 0 Å². The van der Waals surface area contributed by atoms with Crippen molar-refractivity contribution in [2.45, 2.75) is 33.4 Å². The van der Waals surface area contributed by atoms with Gasteiger partial charge in [0, 0.05) is 23.1 Å². The minimum absolute atomic E-state index is 0.0953. The van der Waals surface area contributed by atoms with Gasteiger partial charge in [-0.05, 0) is 55.3 Å². The number of carbonyl (C=O) groups is 1. The lowest BCUT2D eigenvalue weighted by Gasteiger charge is -2.26. The number of aromatic nitrogens is 2. The van der Waals surface area contributed by atoms with E-state index in [-0.39, 0.29) is 29.1 Å². The van der Waals surface area contributed by atoms with E-state index in [2.05, 4.69) is 20.6 Å². The molecular weight excluding hydrogens is 677 g/mol. The van der Waals surface area contributed by atoms with Gasteiger partial charge in [0.2, 0.25) is 10.0 Å². The Hall–Kier alpha value is -5.02. The number of fused-ring (bicyclic) bond motifs is 1. The summed E-state index contributed by atoms with van der Waals surface area (Å²) in [6.07, 6.45) is 1.56. The number of halogens is 2. The van der Waals surface area contributed by atoms with Gasteiger partial charge in [-0.25, -0.2) is 27.2 Å². The summed E-state index contributed by atoms with van der Waals surface area (Å²) in [6, 6.07) is 14.0. The smallest absolute Gasteiger partial charge is 0.268 e. The SMILES string of the molecule is CCCS(=O)(=O)N(Cc1ccc(OC)cc1)c1ccc(F)c(NC(=O)c2sc(C)c3c(NCc4ccc(OC)cc4OC)ncnc23)c1F. The second kappa shape index (κ2) is 15.0. The van der Waals surface area contributed by atoms with E-state index in [1.165, 1.54) is 13.4 Å². The van der Waals surface area contributed by atoms with Crippen molar-refractivity contribution in [2.75, 3.05) is 42.0 Å². The highest BCUT2D eigenvalue weighted by Gasteiger charge is 2.29. The third-order valence-electron chi connectivity index (χ3n) is 7.68. The fraction of sp³-hybridized carbons (Fsp3) is 0.265. The highest BCUT2D eigenvalue weighted by atomic mass is 32.2. The number of nitrogens with zero attached hydrogens (tertiary/aromatic N) is 3. The van der Waals surface area contributed by atoms with Gasteiger partial charge >= 0.3 is 0 Å². The van der Waals surface area contributed by atoms with Gasteiger partial charge in [-0.2, -0.15) is 0 Å². The summed E-state index contributed by atoms with van der Waals surface area (Å²) in [7, 11) is 0.574. The Morgan fingerprint density at radius 1 is 0.959 bits per heavy atom. The Labute approximate surface area is 286 Å². The molecule has 0 aliphatic rings. The number of rotatable bonds is 14. The van der Waals surface area contributed by atoms with Crippen LogP contribution < -0.4 is 29.1 Å². The van der Waals surface area contributed by atoms with Gasteiger partial charge in [-0.3, -0.25) is 9.10 Å². The monoisotopic (exact) mass is 711 g/mol. The molecule has 15 heteroatoms. The average molecular weight is 712 g/mol. The molecule has 0 saturated heterocycles. The lowest BCUT2D eigenvalue weighted by atomic mass is 10.2. The molecule has 0 saturated carbocycles. The van der Waals surface area contributed by atoms with Gasteiger partial charge < -0.3 is 24.8 Å². The summed E-state index contributed by atoms with van der Waals surface area (Å²) in [5.41, 5.74) is 0.462. The molecule has 2 aromatic heterocycles. The first kappa shape index (κ1) is 35.3. The van der Waals surface area contributed by atoms with Crippen LogP contribution in [0, 0.1) is 18.6 Å². The molecule has 5 aromatic rings. The highest BCUT2D eigenvalue weighted by Crippen LogP contribution is 2.36. The number of hydrogen-bond acceptors (Lipinski definition) is 10. The fourth-order valence-corrected chi connectivity index (χ4v) is 7.75. The lowest BCUT2D eigenvalue weighted by Crippen LogP contribution is -2.33. The Bertz CT molecular complexity index is 2090. The molecule has 0 spiro atoms. The number of thiophene rings is 1. The van der Waals surface area contributed by atoms with Gasteiger partial charge in [-0.1, -0.05) is 19.1 Å². The number of sulfonamides is 1. The molecule has 0 fully saturated rings. The number of carbonyl (C=O) groups excluding carboxylic acids is 1. The Kier molecular flexibility index (Phi) is 10.8. The van der Waals surface area contributed by atoms with Crippen LogP contribution in [-0.4, -0.2) is 51.4 Å². The largest absolute Gasteiger partial charge is 0.497 e. The maximum Gasteiger partial charge on any atom is 0.268 e. The number of hydrogen-bond donors (Lipinski definition) is 2. The predicted octanol–water partition coefficient (Wildman–Crippen LogP) is 6.91. The van der Waals surface area contributed by atoms with E-state index in [9.17, 15) is 13.2 Å². The Morgan fingerprint density at radius 3 is 2.35 bits per heavy atom. The zero-order chi connectivity index (χ0) is 35.3. The van der Waals surface area contributed by atoms with Crippen molar-refractivity contribution in [3.8, 4) is 17.2 Å². The first-order valence-corrected chi connectivity index (χ1v) is 17.5. The van der Waals surface area contributed by atoms with Crippen LogP contribution >= 0.6 is 11.3 Å². The number of aryl methyl sites for hydroxylation is 1. The highest BCUT2D eigenvalue weighted by molar-refractivity contribution is 7.92. The van der Waals surface area contributed by atoms with E-state index in [1.807, 2.05) is 6.07 Å². The van der Waals surface area contributed by atoms with Crippen molar-refractivity contribution < 1.29 is 36.2 Å². The summed E-state index contributed by atoms with van der Waals surface area (Å²) in [6.45, 7) is 3.56. The van der Waals surface area contributed by atoms with Crippen molar-refractivity contribution in [3.05, 3.63) is 93.4 Å². The molecule has 0 aliphatic heterocycles. The van der Waals surface area contributed by atoms with Crippen LogP contribution in [0.5, 0.6) is 17.2 Å². The standard InChI is InChI=1S/C34H35F2N5O6S2/c1-6-15-49(43,44)41(18-21-7-10-23(45-3)11-8-21)26-14-13-25(35)30(29(26)36)40-34(42)32-31-28(20(2)48-32)33(39-19-38-31)37-17-22-9-12-24(46-4)16-27(22)47-5/h7-14,16,19H,6,15,17-18H2,1-5H3,(H,40,42)(H,37,38,39). The number of benzene rings is 3. The third kappa shape index (κ3) is 7.52. The summed E-state index contributed by atoms with van der Waals surface area (Å²) in [4.78, 5) is 23.1. The fourth-order valence-electron chi connectivity index (χ4n) is 5.23. The Morgan fingerprint density at radius 2 is 1.67 bits per heavy atom. The van der Waals surface area contributed by atoms with Crippen LogP contribution in [0.1, 0.15) is 39.0 Å². The maximum absolute atomic E-state index is 16.2. The molecule has 2 N–H and O–H groups in total. The van der Waals surface area contributed by atoms with E-state index in [1.54, 1.807) is 64.5 Å². The van der Waals surface area contributed by atoms with Crippen LogP contribution in [0.25, 0.3) is 10.9 Å². The quantitative estimate of drug-likeness (QED) is 0.126. The van der Waals surface area contributed by atoms with E-state index >= 15 is 8.78 Å². The molecule has 2 heterocycles. The molecule has 0 unspecified atom stereocenters. The van der Waals surface area contributed by atoms with Crippen LogP contribution in [0.2, 0.25) is 0 Å². The van der Waals surface area contributed by atoms with Gasteiger partial charge in [-0.15, -0.1) is 11.3 Å². The number of methoxy groups -OCH3 is 3. The van der Waals surface area contributed by atoms with Gasteiger partial charge in [0.1, 0.15) is 45.8 Å². The Balaban J connectivity index is 1.45. The second-order valence-electron chi connectivity index (χ2n) is 10.8. The lowest BCUT2D eigenvalue weighted by molar-refractivity contribution is 0.103. The van der Waals surface area contributed by atoms with E-state index in [0.29, 0.717) is 45.4 Å². The molecule has 49 heavy (non-hydrogen) atoms. The molecule has 3 aromatic carbocycles. The number of amides is 1. The molecule has 0 radical (unpaired) electrons. The number of nitrogens with one attached hydrogen (secondary N) is 2. The van der Waals surface area contributed by atoms with Gasteiger partial charge in [0.25, 0.3) is 5.91 Å². The zero-order valence-corrected chi connectivity index (χ0v) is 29.1. The second-order valence-corrected chi connectivity index (χ2v) is 14.1. The molecule has 5 rings (SSSR count). The molecule has 0 aliphatic carbocycles. The molecule has 1 amide bonds. The van der Waals surface area contributed by atoms with Crippen molar-refractivity contribution in [1.82, 2.24) is 9.97 Å². The molecular formula is C34H35F2N5O6S2. The van der Waals surface area contributed by atoms with E-state index < -0.39 is 38.9 Å². The van der Waals surface area contributed by atoms with Gasteiger partial charge in [0.05, 0.1) is 50.2 Å². The summed E-state index contributed by atoms with van der Waals surface area (Å²) < 4.78 is 74.9. The summed E-state index contributed by atoms with van der Waals surface area (Å²) in [5, 5.41) is 6.16. The topological polar surface area (TPSA) is 132 Å². The number of anilines is 3. The first-order valence-electron chi connectivity index (χ1n) is 15.1. The maximum atomic E-state index is 16.2. The van der Waals surface area contributed by atoms with Crippen LogP contribution in [0.3, 0.4) is 0 Å². The number of ether oxygens (including phenoxy) is 3. The average Bonchev–Trinajstić information content (AvgIpc) is 3.45. The zero-order valence-electron chi connectivity index (χ0n) is 27.5. The van der Waals surface area contributed by atoms with Gasteiger partial charge in [0.15, 0.2) is 5.82 Å². The van der Waals surface area contributed by atoms with Crippen LogP contribution in [0.15, 0.2) is 60.9 Å². The predicted molar refractivity (Wildman–Crippen MR) is 187 cm³/mol. The normalized spacial score (nSPS) is 11.3. The first-order chi connectivity index (χ1) is 23.5. The molecule has 0 bridgehead atoms. The van der Waals surface area contributed by atoms with E-state index in [0.717, 1.165) is 33.3 Å². The van der Waals surface area contributed by atoms with Crippen molar-refractivity contribution in [2.24, 2.45) is 0 Å².